The molecule has 0 spiro atoms. The summed E-state index contributed by atoms with van der Waals surface area (Å²) in [5.41, 5.74) is 0.736. The molecule has 1 rings (SSSR count). The van der Waals surface area contributed by atoms with E-state index in [1.54, 1.807) is 32.4 Å². The number of benzene rings is 1. The van der Waals surface area contributed by atoms with E-state index in [4.69, 9.17) is 14.7 Å². The molecule has 1 amide bonds. The lowest BCUT2D eigenvalue weighted by molar-refractivity contribution is -0.147. The van der Waals surface area contributed by atoms with E-state index in [0.717, 1.165) is 5.56 Å². The largest absolute Gasteiger partial charge is 0.496 e. The topological polar surface area (TPSA) is 79.6 Å². The van der Waals surface area contributed by atoms with Crippen molar-refractivity contribution in [3.63, 3.8) is 0 Å². The number of amides is 1. The highest BCUT2D eigenvalue weighted by atomic mass is 16.5. The van der Waals surface area contributed by atoms with Gasteiger partial charge in [0.15, 0.2) is 6.61 Å². The van der Waals surface area contributed by atoms with Crippen LogP contribution in [0.3, 0.4) is 0 Å². The van der Waals surface area contributed by atoms with Crippen molar-refractivity contribution in [2.45, 2.75) is 6.42 Å². The van der Waals surface area contributed by atoms with Gasteiger partial charge in [-0.3, -0.25) is 4.79 Å². The van der Waals surface area contributed by atoms with Crippen molar-refractivity contribution in [1.29, 1.82) is 5.26 Å². The van der Waals surface area contributed by atoms with E-state index < -0.39 is 5.97 Å². The number of hydrogen-bond donors (Lipinski definition) is 0. The number of hydrogen-bond acceptors (Lipinski definition) is 5. The van der Waals surface area contributed by atoms with Crippen LogP contribution in [0, 0.1) is 11.3 Å². The van der Waals surface area contributed by atoms with Crippen molar-refractivity contribution in [2.24, 2.45) is 0 Å². The monoisotopic (exact) mass is 302 g/mol. The predicted octanol–water partition coefficient (Wildman–Crippen LogP) is 1.62. The first kappa shape index (κ1) is 17.2. The van der Waals surface area contributed by atoms with E-state index in [1.165, 1.54) is 11.0 Å². The Kier molecular flexibility index (Phi) is 7.20. The molecule has 1 aromatic carbocycles. The summed E-state index contributed by atoms with van der Waals surface area (Å²) in [6.45, 7) is -0.0407. The Morgan fingerprint density at radius 3 is 2.77 bits per heavy atom. The molecule has 0 aromatic heterocycles. The quantitative estimate of drug-likeness (QED) is 0.565. The lowest BCUT2D eigenvalue weighted by Gasteiger charge is -2.14. The van der Waals surface area contributed by atoms with Gasteiger partial charge in [0, 0.05) is 25.2 Å². The van der Waals surface area contributed by atoms with Crippen LogP contribution in [0.5, 0.6) is 5.75 Å². The number of rotatable bonds is 7. The second-order valence-corrected chi connectivity index (χ2v) is 4.41. The van der Waals surface area contributed by atoms with Gasteiger partial charge in [-0.05, 0) is 12.1 Å². The van der Waals surface area contributed by atoms with Gasteiger partial charge in [0.1, 0.15) is 5.75 Å². The second kappa shape index (κ2) is 9.19. The highest BCUT2D eigenvalue weighted by Gasteiger charge is 2.10. The average molecular weight is 302 g/mol. The summed E-state index contributed by atoms with van der Waals surface area (Å²) in [6.07, 6.45) is 3.04. The summed E-state index contributed by atoms with van der Waals surface area (Å²) in [7, 11) is 3.10. The Bertz CT molecular complexity index is 590. The van der Waals surface area contributed by atoms with Crippen LogP contribution in [-0.4, -0.2) is 44.1 Å². The van der Waals surface area contributed by atoms with Gasteiger partial charge in [0.25, 0.3) is 5.91 Å². The van der Waals surface area contributed by atoms with Crippen LogP contribution in [0.15, 0.2) is 30.3 Å². The predicted molar refractivity (Wildman–Crippen MR) is 80.9 cm³/mol. The zero-order valence-corrected chi connectivity index (χ0v) is 12.6. The third kappa shape index (κ3) is 5.67. The molecule has 0 saturated heterocycles. The molecule has 0 saturated carbocycles. The molecule has 22 heavy (non-hydrogen) atoms. The van der Waals surface area contributed by atoms with Crippen molar-refractivity contribution in [3.8, 4) is 11.8 Å². The number of carbonyl (C=O) groups is 2. The van der Waals surface area contributed by atoms with Crippen molar-refractivity contribution in [2.75, 3.05) is 27.3 Å². The van der Waals surface area contributed by atoms with E-state index in [1.807, 2.05) is 18.2 Å². The molecule has 0 bridgehead atoms. The summed E-state index contributed by atoms with van der Waals surface area (Å²) in [5, 5.41) is 8.44. The second-order valence-electron chi connectivity index (χ2n) is 4.41. The fourth-order valence-corrected chi connectivity index (χ4v) is 1.60. The van der Waals surface area contributed by atoms with E-state index in [0.29, 0.717) is 12.3 Å². The first-order chi connectivity index (χ1) is 10.6. The number of carbonyl (C=O) groups excluding carboxylic acids is 2. The summed E-state index contributed by atoms with van der Waals surface area (Å²) < 4.78 is 10.0. The third-order valence-corrected chi connectivity index (χ3v) is 2.86. The number of ether oxygens (including phenoxy) is 2. The molecule has 0 atom stereocenters. The van der Waals surface area contributed by atoms with E-state index in [2.05, 4.69) is 0 Å². The van der Waals surface area contributed by atoms with Crippen LogP contribution in [-0.2, 0) is 14.3 Å². The lowest BCUT2D eigenvalue weighted by Crippen LogP contribution is -2.31. The van der Waals surface area contributed by atoms with E-state index >= 15 is 0 Å². The molecule has 0 unspecified atom stereocenters. The standard InChI is InChI=1S/C16H18N2O4/c1-18(11-5-10-17)15(19)12-22-16(20)9-8-13-6-3-4-7-14(13)21-2/h3-4,6-9H,5,11-12H2,1-2H3/b9-8+. The van der Waals surface area contributed by atoms with Crippen molar-refractivity contribution in [3.05, 3.63) is 35.9 Å². The molecule has 6 nitrogen and oxygen atoms in total. The average Bonchev–Trinajstić information content (AvgIpc) is 2.55. The number of methoxy groups -OCH3 is 1. The molecule has 0 radical (unpaired) electrons. The molecule has 0 N–H and O–H groups in total. The highest BCUT2D eigenvalue weighted by molar-refractivity contribution is 5.89. The van der Waals surface area contributed by atoms with Crippen LogP contribution in [0.4, 0.5) is 0 Å². The smallest absolute Gasteiger partial charge is 0.331 e. The van der Waals surface area contributed by atoms with Gasteiger partial charge in [-0.1, -0.05) is 18.2 Å². The van der Waals surface area contributed by atoms with Crippen molar-refractivity contribution >= 4 is 18.0 Å². The molecular weight excluding hydrogens is 284 g/mol. The van der Waals surface area contributed by atoms with Crippen LogP contribution >= 0.6 is 0 Å². The van der Waals surface area contributed by atoms with Crippen LogP contribution in [0.25, 0.3) is 6.08 Å². The van der Waals surface area contributed by atoms with Crippen molar-refractivity contribution < 1.29 is 19.1 Å². The summed E-state index contributed by atoms with van der Waals surface area (Å²) >= 11 is 0. The van der Waals surface area contributed by atoms with Gasteiger partial charge in [-0.15, -0.1) is 0 Å². The van der Waals surface area contributed by atoms with Gasteiger partial charge in [0.2, 0.25) is 0 Å². The van der Waals surface area contributed by atoms with Crippen LogP contribution in [0.2, 0.25) is 0 Å². The Morgan fingerprint density at radius 1 is 1.36 bits per heavy atom. The molecule has 116 valence electrons. The molecule has 0 fully saturated rings. The van der Waals surface area contributed by atoms with Crippen LogP contribution in [0.1, 0.15) is 12.0 Å². The summed E-state index contributed by atoms with van der Waals surface area (Å²) in [5.74, 6) is -0.332. The summed E-state index contributed by atoms with van der Waals surface area (Å²) in [6, 6.07) is 9.16. The first-order valence-electron chi connectivity index (χ1n) is 6.67. The van der Waals surface area contributed by atoms with Gasteiger partial charge in [-0.2, -0.15) is 5.26 Å². The van der Waals surface area contributed by atoms with Crippen LogP contribution < -0.4 is 4.74 Å². The Balaban J connectivity index is 2.48. The SMILES string of the molecule is COc1ccccc1/C=C/C(=O)OCC(=O)N(C)CCC#N. The number of nitrogens with zero attached hydrogens (tertiary/aromatic N) is 2. The molecule has 0 heterocycles. The number of para-hydroxylation sites is 1. The van der Waals surface area contributed by atoms with Gasteiger partial charge < -0.3 is 14.4 Å². The first-order valence-corrected chi connectivity index (χ1v) is 6.67. The zero-order chi connectivity index (χ0) is 16.4. The Morgan fingerprint density at radius 2 is 2.09 bits per heavy atom. The zero-order valence-electron chi connectivity index (χ0n) is 12.6. The summed E-state index contributed by atoms with van der Waals surface area (Å²) in [4.78, 5) is 24.6. The lowest BCUT2D eigenvalue weighted by atomic mass is 10.2. The minimum absolute atomic E-state index is 0.240. The molecular formula is C16H18N2O4. The Hall–Kier alpha value is -2.81. The third-order valence-electron chi connectivity index (χ3n) is 2.86. The van der Waals surface area contributed by atoms with Gasteiger partial charge >= 0.3 is 5.97 Å². The minimum atomic E-state index is -0.618. The fourth-order valence-electron chi connectivity index (χ4n) is 1.60. The maximum Gasteiger partial charge on any atom is 0.331 e. The molecule has 0 aliphatic rings. The van der Waals surface area contributed by atoms with Gasteiger partial charge in [0.05, 0.1) is 19.6 Å². The normalized spacial score (nSPS) is 10.0. The fraction of sp³-hybridized carbons (Fsp3) is 0.312. The highest BCUT2D eigenvalue weighted by Crippen LogP contribution is 2.18. The van der Waals surface area contributed by atoms with E-state index in [9.17, 15) is 9.59 Å². The molecule has 0 aliphatic carbocycles. The number of likely N-dealkylation sites (N-methyl/N-ethyl adjacent to an activating group) is 1. The number of esters is 1. The maximum atomic E-state index is 11.6. The van der Waals surface area contributed by atoms with Gasteiger partial charge in [-0.25, -0.2) is 4.79 Å². The molecule has 0 aliphatic heterocycles. The number of nitriles is 1. The Labute approximate surface area is 129 Å². The maximum absolute atomic E-state index is 11.6. The van der Waals surface area contributed by atoms with E-state index in [-0.39, 0.29) is 18.9 Å². The minimum Gasteiger partial charge on any atom is -0.496 e. The molecule has 6 heteroatoms. The molecule has 1 aromatic rings. The van der Waals surface area contributed by atoms with Crippen molar-refractivity contribution in [1.82, 2.24) is 4.90 Å².